The van der Waals surface area contributed by atoms with Crippen molar-refractivity contribution in [2.45, 2.75) is 36.7 Å². The largest absolute Gasteiger partial charge is 0.462 e. The van der Waals surface area contributed by atoms with Crippen molar-refractivity contribution >= 4 is 23.3 Å². The van der Waals surface area contributed by atoms with Gasteiger partial charge in [-0.25, -0.2) is 0 Å². The molecule has 4 rings (SSSR count). The number of aliphatic hydroxyl groups excluding tert-OH is 4. The lowest BCUT2D eigenvalue weighted by Crippen LogP contribution is -2.60. The van der Waals surface area contributed by atoms with Crippen LogP contribution in [0.3, 0.4) is 0 Å². The van der Waals surface area contributed by atoms with Crippen molar-refractivity contribution in [3.05, 3.63) is 59.7 Å². The summed E-state index contributed by atoms with van der Waals surface area (Å²) in [6, 6.07) is 11.9. The third-order valence-electron chi connectivity index (χ3n) is 7.34. The number of aliphatic hydroxyl groups is 4. The maximum Gasteiger partial charge on any atom is 0.247 e. The molecule has 2 saturated heterocycles. The van der Waals surface area contributed by atoms with Gasteiger partial charge in [0.2, 0.25) is 18.1 Å². The van der Waals surface area contributed by atoms with Crippen molar-refractivity contribution in [3.63, 3.8) is 0 Å². The molecule has 9 N–H and O–H groups in total. The van der Waals surface area contributed by atoms with Crippen LogP contribution in [-0.2, 0) is 14.3 Å². The Labute approximate surface area is 243 Å². The fraction of sp³-hybridized carbons (Fsp3) is 0.464. The number of nitrogens with one attached hydrogen (secondary N) is 3. The summed E-state index contributed by atoms with van der Waals surface area (Å²) in [5, 5.41) is 54.0. The van der Waals surface area contributed by atoms with E-state index in [0.29, 0.717) is 29.9 Å². The van der Waals surface area contributed by atoms with Gasteiger partial charge in [-0.15, -0.1) is 0 Å². The van der Waals surface area contributed by atoms with Crippen LogP contribution in [0.25, 0.3) is 0 Å². The minimum atomic E-state index is -1.66. The SMILES string of the molecule is CN1CCN(C(=O)CNC(=O)C(Nc2cccc(C(=N)N)c2)c2ccccc2OC2OC(CO)C(O)C(O)C2O)CC1. The van der Waals surface area contributed by atoms with Gasteiger partial charge < -0.3 is 56.1 Å². The molecule has 14 nitrogen and oxygen atoms in total. The molecule has 2 fully saturated rings. The van der Waals surface area contributed by atoms with Gasteiger partial charge in [-0.3, -0.25) is 15.0 Å². The number of ether oxygens (including phenoxy) is 2. The minimum Gasteiger partial charge on any atom is -0.462 e. The number of nitrogen functional groups attached to an aromatic ring is 1. The summed E-state index contributed by atoms with van der Waals surface area (Å²) in [6.07, 6.45) is -7.55. The topological polar surface area (TPSA) is 214 Å². The Morgan fingerprint density at radius 1 is 1.07 bits per heavy atom. The molecule has 14 heteroatoms. The number of piperazine rings is 1. The molecule has 2 heterocycles. The molecular weight excluding hydrogens is 548 g/mol. The van der Waals surface area contributed by atoms with E-state index in [1.54, 1.807) is 47.4 Å². The first-order valence-corrected chi connectivity index (χ1v) is 13.6. The molecule has 6 unspecified atom stereocenters. The lowest BCUT2D eigenvalue weighted by atomic mass is 9.99. The average molecular weight is 587 g/mol. The first-order chi connectivity index (χ1) is 20.1. The van der Waals surface area contributed by atoms with Crippen LogP contribution in [0.1, 0.15) is 17.2 Å². The number of nitrogens with zero attached hydrogens (tertiary/aromatic N) is 2. The van der Waals surface area contributed by atoms with Crippen LogP contribution in [0.4, 0.5) is 5.69 Å². The zero-order valence-corrected chi connectivity index (χ0v) is 23.2. The monoisotopic (exact) mass is 586 g/mol. The Morgan fingerprint density at radius 2 is 1.79 bits per heavy atom. The highest BCUT2D eigenvalue weighted by molar-refractivity contribution is 5.96. The lowest BCUT2D eigenvalue weighted by molar-refractivity contribution is -0.277. The molecule has 2 aromatic carbocycles. The normalized spacial score (nSPS) is 25.4. The van der Waals surface area contributed by atoms with Gasteiger partial charge in [-0.05, 0) is 25.2 Å². The van der Waals surface area contributed by atoms with Gasteiger partial charge >= 0.3 is 0 Å². The van der Waals surface area contributed by atoms with Crippen molar-refractivity contribution in [2.75, 3.05) is 51.7 Å². The van der Waals surface area contributed by atoms with Crippen LogP contribution >= 0.6 is 0 Å². The maximum atomic E-state index is 13.6. The molecule has 0 aromatic heterocycles. The van der Waals surface area contributed by atoms with Crippen molar-refractivity contribution < 1.29 is 39.5 Å². The van der Waals surface area contributed by atoms with Crippen LogP contribution in [0.2, 0.25) is 0 Å². The summed E-state index contributed by atoms with van der Waals surface area (Å²) in [5.74, 6) is -0.846. The van der Waals surface area contributed by atoms with E-state index in [-0.39, 0.29) is 24.0 Å². The molecule has 228 valence electrons. The molecule has 6 atom stereocenters. The molecule has 42 heavy (non-hydrogen) atoms. The lowest BCUT2D eigenvalue weighted by Gasteiger charge is -2.40. The molecule has 0 saturated carbocycles. The van der Waals surface area contributed by atoms with Gasteiger partial charge in [0, 0.05) is 43.0 Å². The Kier molecular flexibility index (Phi) is 10.3. The van der Waals surface area contributed by atoms with Crippen molar-refractivity contribution in [3.8, 4) is 5.75 Å². The van der Waals surface area contributed by atoms with Gasteiger partial charge in [-0.2, -0.15) is 0 Å². The van der Waals surface area contributed by atoms with Crippen molar-refractivity contribution in [1.29, 1.82) is 5.41 Å². The molecule has 0 aliphatic carbocycles. The number of carbonyl (C=O) groups is 2. The fourth-order valence-electron chi connectivity index (χ4n) is 4.78. The molecular formula is C28H38N6O8. The van der Waals surface area contributed by atoms with E-state index < -0.39 is 49.3 Å². The number of rotatable bonds is 10. The summed E-state index contributed by atoms with van der Waals surface area (Å²) in [7, 11) is 1.98. The van der Waals surface area contributed by atoms with Gasteiger partial charge in [0.05, 0.1) is 13.2 Å². The van der Waals surface area contributed by atoms with E-state index in [9.17, 15) is 30.0 Å². The van der Waals surface area contributed by atoms with E-state index >= 15 is 0 Å². The molecule has 2 aromatic rings. The highest BCUT2D eigenvalue weighted by Crippen LogP contribution is 2.32. The van der Waals surface area contributed by atoms with E-state index in [1.165, 1.54) is 6.07 Å². The highest BCUT2D eigenvalue weighted by Gasteiger charge is 2.45. The molecule has 2 aliphatic rings. The Hall–Kier alpha value is -3.79. The molecule has 0 radical (unpaired) electrons. The Morgan fingerprint density at radius 3 is 2.48 bits per heavy atom. The first-order valence-electron chi connectivity index (χ1n) is 13.6. The Bertz CT molecular complexity index is 1250. The van der Waals surface area contributed by atoms with Gasteiger partial charge in [0.25, 0.3) is 0 Å². The third-order valence-corrected chi connectivity index (χ3v) is 7.34. The van der Waals surface area contributed by atoms with Crippen molar-refractivity contribution in [2.24, 2.45) is 5.73 Å². The number of likely N-dealkylation sites (N-methyl/N-ethyl adjacent to an activating group) is 1. The minimum absolute atomic E-state index is 0.0996. The highest BCUT2D eigenvalue weighted by atomic mass is 16.7. The van der Waals surface area contributed by atoms with E-state index in [2.05, 4.69) is 15.5 Å². The summed E-state index contributed by atoms with van der Waals surface area (Å²) in [6.45, 7) is 1.72. The number of benzene rings is 2. The summed E-state index contributed by atoms with van der Waals surface area (Å²) in [4.78, 5) is 30.3. The second-order valence-electron chi connectivity index (χ2n) is 10.3. The van der Waals surface area contributed by atoms with Crippen LogP contribution in [0, 0.1) is 5.41 Å². The van der Waals surface area contributed by atoms with Crippen molar-refractivity contribution in [1.82, 2.24) is 15.1 Å². The molecule has 2 aliphatic heterocycles. The second-order valence-corrected chi connectivity index (χ2v) is 10.3. The number of anilines is 1. The predicted molar refractivity (Wildman–Crippen MR) is 152 cm³/mol. The maximum absolute atomic E-state index is 13.6. The summed E-state index contributed by atoms with van der Waals surface area (Å²) >= 11 is 0. The number of amides is 2. The van der Waals surface area contributed by atoms with E-state index in [4.69, 9.17) is 20.6 Å². The number of amidine groups is 1. The smallest absolute Gasteiger partial charge is 0.247 e. The second kappa shape index (κ2) is 13.9. The zero-order chi connectivity index (χ0) is 30.4. The summed E-state index contributed by atoms with van der Waals surface area (Å²) < 4.78 is 11.4. The number of hydrogen-bond acceptors (Lipinski definition) is 11. The van der Waals surface area contributed by atoms with Crippen LogP contribution in [0.5, 0.6) is 5.75 Å². The molecule has 0 bridgehead atoms. The van der Waals surface area contributed by atoms with Gasteiger partial charge in [0.1, 0.15) is 42.0 Å². The predicted octanol–water partition coefficient (Wildman–Crippen LogP) is -1.81. The Balaban J connectivity index is 1.59. The van der Waals surface area contributed by atoms with Gasteiger partial charge in [-0.1, -0.05) is 30.3 Å². The number of carbonyl (C=O) groups excluding carboxylic acids is 2. The number of nitrogens with two attached hydrogens (primary N) is 1. The quantitative estimate of drug-likeness (QED) is 0.115. The molecule has 0 spiro atoms. The zero-order valence-electron chi connectivity index (χ0n) is 23.2. The summed E-state index contributed by atoms with van der Waals surface area (Å²) in [5.41, 5.74) is 6.83. The van der Waals surface area contributed by atoms with Crippen LogP contribution in [-0.4, -0.2) is 125 Å². The average Bonchev–Trinajstić information content (AvgIpc) is 2.99. The van der Waals surface area contributed by atoms with E-state index in [0.717, 1.165) is 13.1 Å². The third kappa shape index (κ3) is 7.34. The fourth-order valence-corrected chi connectivity index (χ4v) is 4.78. The molecule has 2 amide bonds. The van der Waals surface area contributed by atoms with Crippen LogP contribution in [0.15, 0.2) is 48.5 Å². The standard InChI is InChI=1S/C28H38N6O8/c1-33-9-11-34(12-10-33)21(36)14-31-27(40)22(32-17-6-4-5-16(13-17)26(29)30)18-7-2-3-8-19(18)41-28-25(39)24(38)23(37)20(15-35)42-28/h2-8,13,20,22-25,28,32,35,37-39H,9-12,14-15H2,1H3,(H3,29,30)(H,31,40). The first kappa shape index (κ1) is 31.2. The number of para-hydroxylation sites is 1. The number of hydrogen-bond donors (Lipinski definition) is 8. The van der Waals surface area contributed by atoms with Crippen LogP contribution < -0.4 is 21.1 Å². The van der Waals surface area contributed by atoms with E-state index in [1.807, 2.05) is 7.05 Å². The van der Waals surface area contributed by atoms with Gasteiger partial charge in [0.15, 0.2) is 0 Å².